The van der Waals surface area contributed by atoms with Crippen LogP contribution >= 0.6 is 12.4 Å². The van der Waals surface area contributed by atoms with E-state index in [0.717, 1.165) is 26.3 Å². The molecule has 1 heterocycles. The molecule has 1 saturated heterocycles. The summed E-state index contributed by atoms with van der Waals surface area (Å²) in [7, 11) is 0. The minimum Gasteiger partial charge on any atom is -0.378 e. The average Bonchev–Trinajstić information content (AvgIpc) is 2.06. The van der Waals surface area contributed by atoms with Crippen LogP contribution in [0.2, 0.25) is 0 Å². The van der Waals surface area contributed by atoms with Gasteiger partial charge in [-0.05, 0) is 6.42 Å². The van der Waals surface area contributed by atoms with Crippen LogP contribution in [0.3, 0.4) is 0 Å². The number of halogens is 1. The summed E-state index contributed by atoms with van der Waals surface area (Å²) >= 11 is 0. The summed E-state index contributed by atoms with van der Waals surface area (Å²) in [5.74, 6) is 0. The number of ether oxygens (including phenoxy) is 1. The molecule has 1 fully saturated rings. The van der Waals surface area contributed by atoms with Crippen molar-refractivity contribution >= 4 is 12.4 Å². The highest BCUT2D eigenvalue weighted by atomic mass is 35.5. The lowest BCUT2D eigenvalue weighted by Crippen LogP contribution is -2.44. The Labute approximate surface area is 81.0 Å². The zero-order valence-corrected chi connectivity index (χ0v) is 8.48. The zero-order valence-electron chi connectivity index (χ0n) is 7.66. The molecule has 1 atom stereocenters. The summed E-state index contributed by atoms with van der Waals surface area (Å²) in [4.78, 5) is 2.43. The van der Waals surface area contributed by atoms with Gasteiger partial charge in [-0.3, -0.25) is 4.90 Å². The predicted octanol–water partition coefficient (Wildman–Crippen LogP) is 1.70. The molecule has 0 radical (unpaired) electrons. The van der Waals surface area contributed by atoms with E-state index in [1.807, 2.05) is 6.08 Å². The SMILES string of the molecule is C=CCN1CCOCC1CC.Cl. The van der Waals surface area contributed by atoms with E-state index in [9.17, 15) is 0 Å². The van der Waals surface area contributed by atoms with Crippen molar-refractivity contribution in [2.24, 2.45) is 0 Å². The van der Waals surface area contributed by atoms with E-state index in [1.54, 1.807) is 0 Å². The molecule has 72 valence electrons. The molecule has 1 unspecified atom stereocenters. The first-order valence-corrected chi connectivity index (χ1v) is 4.31. The van der Waals surface area contributed by atoms with Gasteiger partial charge in [-0.15, -0.1) is 19.0 Å². The maximum atomic E-state index is 5.37. The van der Waals surface area contributed by atoms with E-state index in [0.29, 0.717) is 6.04 Å². The third kappa shape index (κ3) is 3.13. The number of morpholine rings is 1. The van der Waals surface area contributed by atoms with Gasteiger partial charge in [0.15, 0.2) is 0 Å². The number of nitrogens with zero attached hydrogens (tertiary/aromatic N) is 1. The zero-order chi connectivity index (χ0) is 8.10. The molecule has 0 N–H and O–H groups in total. The molecule has 1 aliphatic rings. The Bertz CT molecular complexity index is 130. The van der Waals surface area contributed by atoms with Gasteiger partial charge in [0.05, 0.1) is 13.2 Å². The maximum Gasteiger partial charge on any atom is 0.0622 e. The molecular formula is C9H18ClNO. The highest BCUT2D eigenvalue weighted by molar-refractivity contribution is 5.85. The molecule has 0 spiro atoms. The maximum absolute atomic E-state index is 5.37. The molecule has 0 aromatic heterocycles. The topological polar surface area (TPSA) is 12.5 Å². The van der Waals surface area contributed by atoms with Gasteiger partial charge in [0.1, 0.15) is 0 Å². The fraction of sp³-hybridized carbons (Fsp3) is 0.778. The van der Waals surface area contributed by atoms with Gasteiger partial charge >= 0.3 is 0 Å². The van der Waals surface area contributed by atoms with Crippen molar-refractivity contribution in [1.82, 2.24) is 4.90 Å². The third-order valence-electron chi connectivity index (χ3n) is 2.18. The highest BCUT2D eigenvalue weighted by Crippen LogP contribution is 2.09. The first-order chi connectivity index (χ1) is 5.38. The lowest BCUT2D eigenvalue weighted by atomic mass is 10.2. The Kier molecular flexibility index (Phi) is 6.44. The monoisotopic (exact) mass is 191 g/mol. The van der Waals surface area contributed by atoms with Gasteiger partial charge in [-0.1, -0.05) is 13.0 Å². The molecule has 0 saturated carbocycles. The first-order valence-electron chi connectivity index (χ1n) is 4.31. The van der Waals surface area contributed by atoms with E-state index in [-0.39, 0.29) is 12.4 Å². The molecule has 0 aliphatic carbocycles. The van der Waals surface area contributed by atoms with Gasteiger partial charge in [-0.25, -0.2) is 0 Å². The fourth-order valence-electron chi connectivity index (χ4n) is 1.47. The second kappa shape index (κ2) is 6.46. The second-order valence-electron chi connectivity index (χ2n) is 2.92. The lowest BCUT2D eigenvalue weighted by Gasteiger charge is -2.34. The van der Waals surface area contributed by atoms with E-state index in [1.165, 1.54) is 6.42 Å². The van der Waals surface area contributed by atoms with Crippen LogP contribution in [0.4, 0.5) is 0 Å². The van der Waals surface area contributed by atoms with Crippen molar-refractivity contribution in [3.63, 3.8) is 0 Å². The van der Waals surface area contributed by atoms with Gasteiger partial charge in [-0.2, -0.15) is 0 Å². The lowest BCUT2D eigenvalue weighted by molar-refractivity contribution is -0.00271. The van der Waals surface area contributed by atoms with Crippen LogP contribution in [0.1, 0.15) is 13.3 Å². The fourth-order valence-corrected chi connectivity index (χ4v) is 1.47. The Hall–Kier alpha value is -0.0500. The molecule has 2 nitrogen and oxygen atoms in total. The molecule has 12 heavy (non-hydrogen) atoms. The molecule has 1 rings (SSSR count). The van der Waals surface area contributed by atoms with Crippen molar-refractivity contribution < 1.29 is 4.74 Å². The van der Waals surface area contributed by atoms with E-state index in [2.05, 4.69) is 18.4 Å². The summed E-state index contributed by atoms with van der Waals surface area (Å²) in [6.07, 6.45) is 3.14. The Balaban J connectivity index is 0.00000121. The third-order valence-corrected chi connectivity index (χ3v) is 2.18. The van der Waals surface area contributed by atoms with E-state index < -0.39 is 0 Å². The molecule has 0 bridgehead atoms. The van der Waals surface area contributed by atoms with Crippen molar-refractivity contribution in [3.8, 4) is 0 Å². The van der Waals surface area contributed by atoms with Crippen molar-refractivity contribution in [1.29, 1.82) is 0 Å². The number of hydrogen-bond donors (Lipinski definition) is 0. The predicted molar refractivity (Wildman–Crippen MR) is 53.9 cm³/mol. The Morgan fingerprint density at radius 3 is 3.00 bits per heavy atom. The Morgan fingerprint density at radius 1 is 1.67 bits per heavy atom. The van der Waals surface area contributed by atoms with Gasteiger partial charge in [0.2, 0.25) is 0 Å². The molecule has 0 aromatic carbocycles. The van der Waals surface area contributed by atoms with Crippen molar-refractivity contribution in [2.75, 3.05) is 26.3 Å². The largest absolute Gasteiger partial charge is 0.378 e. The smallest absolute Gasteiger partial charge is 0.0622 e. The number of hydrogen-bond acceptors (Lipinski definition) is 2. The quantitative estimate of drug-likeness (QED) is 0.630. The van der Waals surface area contributed by atoms with Crippen LogP contribution in [-0.2, 0) is 4.74 Å². The molecule has 0 aromatic rings. The van der Waals surface area contributed by atoms with Crippen molar-refractivity contribution in [2.45, 2.75) is 19.4 Å². The average molecular weight is 192 g/mol. The van der Waals surface area contributed by atoms with Gasteiger partial charge < -0.3 is 4.74 Å². The Morgan fingerprint density at radius 2 is 2.42 bits per heavy atom. The summed E-state index contributed by atoms with van der Waals surface area (Å²) in [6.45, 7) is 9.78. The molecule has 3 heteroatoms. The summed E-state index contributed by atoms with van der Waals surface area (Å²) in [5, 5.41) is 0. The summed E-state index contributed by atoms with van der Waals surface area (Å²) in [5.41, 5.74) is 0. The van der Waals surface area contributed by atoms with Gasteiger partial charge in [0, 0.05) is 19.1 Å². The van der Waals surface area contributed by atoms with Crippen molar-refractivity contribution in [3.05, 3.63) is 12.7 Å². The van der Waals surface area contributed by atoms with Crippen LogP contribution in [0.25, 0.3) is 0 Å². The minimum absolute atomic E-state index is 0. The minimum atomic E-state index is 0. The van der Waals surface area contributed by atoms with E-state index >= 15 is 0 Å². The number of rotatable bonds is 3. The van der Waals surface area contributed by atoms with Crippen LogP contribution in [-0.4, -0.2) is 37.2 Å². The first kappa shape index (κ1) is 11.9. The van der Waals surface area contributed by atoms with Crippen LogP contribution in [0.15, 0.2) is 12.7 Å². The van der Waals surface area contributed by atoms with Crippen LogP contribution in [0.5, 0.6) is 0 Å². The van der Waals surface area contributed by atoms with E-state index in [4.69, 9.17) is 4.74 Å². The standard InChI is InChI=1S/C9H17NO.ClH/c1-3-5-10-6-7-11-8-9(10)4-2;/h3,9H,1,4-8H2,2H3;1H. The molecule has 1 aliphatic heterocycles. The highest BCUT2D eigenvalue weighted by Gasteiger charge is 2.19. The van der Waals surface area contributed by atoms with Crippen LogP contribution < -0.4 is 0 Å². The summed E-state index contributed by atoms with van der Waals surface area (Å²) in [6, 6.07) is 0.613. The second-order valence-corrected chi connectivity index (χ2v) is 2.92. The molecular weight excluding hydrogens is 174 g/mol. The molecule has 0 amide bonds. The van der Waals surface area contributed by atoms with Gasteiger partial charge in [0.25, 0.3) is 0 Å². The normalized spacial score (nSPS) is 24.6. The van der Waals surface area contributed by atoms with Crippen LogP contribution in [0, 0.1) is 0 Å². The summed E-state index contributed by atoms with van der Waals surface area (Å²) < 4.78 is 5.37.